The molecule has 2 saturated carbocycles. The number of amides is 1. The monoisotopic (exact) mass is 370 g/mol. The molecule has 3 atom stereocenters. The number of halogens is 1. The molecule has 3 unspecified atom stereocenters. The molecule has 2 N–H and O–H groups in total. The normalized spacial score (nSPS) is 25.7. The van der Waals surface area contributed by atoms with E-state index in [9.17, 15) is 13.2 Å². The van der Waals surface area contributed by atoms with E-state index in [4.69, 9.17) is 11.6 Å². The van der Waals surface area contributed by atoms with Gasteiger partial charge in [0.2, 0.25) is 5.91 Å². The predicted octanol–water partition coefficient (Wildman–Crippen LogP) is 2.77. The summed E-state index contributed by atoms with van der Waals surface area (Å²) < 4.78 is 24.0. The second kappa shape index (κ2) is 6.56. The second-order valence-electron chi connectivity index (χ2n) is 7.05. The molecule has 1 aromatic carbocycles. The average Bonchev–Trinajstić information content (AvgIpc) is 3.09. The third kappa shape index (κ3) is 3.54. The first-order valence-electron chi connectivity index (χ1n) is 8.28. The SMILES string of the molecule is Cc1ccc(NCC(=O)NC2CC3CCC2C3)c(S(C)(=O)=O)c1Cl. The van der Waals surface area contributed by atoms with Gasteiger partial charge in [-0.05, 0) is 49.7 Å². The molecule has 7 heteroatoms. The zero-order chi connectivity index (χ0) is 17.5. The van der Waals surface area contributed by atoms with E-state index in [0.717, 1.165) is 18.6 Å². The molecule has 2 fully saturated rings. The van der Waals surface area contributed by atoms with Gasteiger partial charge in [-0.15, -0.1) is 0 Å². The standard InChI is InChI=1S/C17H23ClN2O3S/c1-10-3-6-13(17(16(10)18)24(2,22)23)19-9-15(21)20-14-8-11-4-5-12(14)7-11/h3,6,11-12,14,19H,4-5,7-9H2,1-2H3,(H,20,21). The zero-order valence-corrected chi connectivity index (χ0v) is 15.5. The average molecular weight is 371 g/mol. The van der Waals surface area contributed by atoms with Crippen molar-refractivity contribution < 1.29 is 13.2 Å². The van der Waals surface area contributed by atoms with E-state index in [-0.39, 0.29) is 28.4 Å². The fourth-order valence-corrected chi connectivity index (χ4v) is 5.62. The Balaban J connectivity index is 1.66. The summed E-state index contributed by atoms with van der Waals surface area (Å²) in [6.07, 6.45) is 5.91. The highest BCUT2D eigenvalue weighted by atomic mass is 35.5. The van der Waals surface area contributed by atoms with Gasteiger partial charge in [-0.1, -0.05) is 24.1 Å². The predicted molar refractivity (Wildman–Crippen MR) is 95.2 cm³/mol. The number of anilines is 1. The number of aryl methyl sites for hydroxylation is 1. The molecule has 0 aromatic heterocycles. The van der Waals surface area contributed by atoms with Gasteiger partial charge in [0.05, 0.1) is 17.3 Å². The molecule has 0 spiro atoms. The van der Waals surface area contributed by atoms with E-state index in [1.807, 2.05) is 0 Å². The quantitative estimate of drug-likeness (QED) is 0.835. The Hall–Kier alpha value is -1.27. The number of carbonyl (C=O) groups is 1. The second-order valence-corrected chi connectivity index (χ2v) is 9.38. The largest absolute Gasteiger partial charge is 0.375 e. The molecule has 2 bridgehead atoms. The van der Waals surface area contributed by atoms with Crippen LogP contribution in [0.1, 0.15) is 31.2 Å². The summed E-state index contributed by atoms with van der Waals surface area (Å²) >= 11 is 6.16. The van der Waals surface area contributed by atoms with E-state index in [0.29, 0.717) is 17.2 Å². The lowest BCUT2D eigenvalue weighted by atomic mass is 9.95. The van der Waals surface area contributed by atoms with Crippen LogP contribution in [0, 0.1) is 18.8 Å². The number of carbonyl (C=O) groups excluding carboxylic acids is 1. The lowest BCUT2D eigenvalue weighted by Gasteiger charge is -2.23. The third-order valence-electron chi connectivity index (χ3n) is 5.18. The molecule has 0 radical (unpaired) electrons. The Kier molecular flexibility index (Phi) is 4.80. The van der Waals surface area contributed by atoms with Gasteiger partial charge >= 0.3 is 0 Å². The van der Waals surface area contributed by atoms with Crippen LogP contribution in [0.3, 0.4) is 0 Å². The maximum atomic E-state index is 12.2. The molecule has 1 amide bonds. The number of hydrogen-bond acceptors (Lipinski definition) is 4. The summed E-state index contributed by atoms with van der Waals surface area (Å²) in [6, 6.07) is 3.67. The van der Waals surface area contributed by atoms with E-state index in [1.165, 1.54) is 19.3 Å². The summed E-state index contributed by atoms with van der Waals surface area (Å²) in [7, 11) is -3.49. The zero-order valence-electron chi connectivity index (χ0n) is 13.9. The Morgan fingerprint density at radius 1 is 1.29 bits per heavy atom. The molecule has 24 heavy (non-hydrogen) atoms. The van der Waals surface area contributed by atoms with Gasteiger partial charge in [0.25, 0.3) is 0 Å². The fraction of sp³-hybridized carbons (Fsp3) is 0.588. The van der Waals surface area contributed by atoms with Crippen molar-refractivity contribution in [2.45, 2.75) is 43.5 Å². The van der Waals surface area contributed by atoms with Crippen molar-refractivity contribution in [2.24, 2.45) is 11.8 Å². The summed E-state index contributed by atoms with van der Waals surface area (Å²) in [5, 5.41) is 6.22. The smallest absolute Gasteiger partial charge is 0.239 e. The van der Waals surface area contributed by atoms with E-state index >= 15 is 0 Å². The van der Waals surface area contributed by atoms with Crippen LogP contribution >= 0.6 is 11.6 Å². The van der Waals surface area contributed by atoms with Crippen molar-refractivity contribution in [1.82, 2.24) is 5.32 Å². The van der Waals surface area contributed by atoms with Crippen LogP contribution in [0.2, 0.25) is 5.02 Å². The number of rotatable bonds is 5. The molecular weight excluding hydrogens is 348 g/mol. The molecule has 3 rings (SSSR count). The van der Waals surface area contributed by atoms with Gasteiger partial charge in [-0.2, -0.15) is 0 Å². The number of benzene rings is 1. The fourth-order valence-electron chi connectivity index (χ4n) is 4.01. The number of sulfone groups is 1. The first kappa shape index (κ1) is 17.5. The topological polar surface area (TPSA) is 75.3 Å². The van der Waals surface area contributed by atoms with Gasteiger partial charge < -0.3 is 10.6 Å². The van der Waals surface area contributed by atoms with Gasteiger partial charge in [0, 0.05) is 12.3 Å². The Morgan fingerprint density at radius 2 is 2.04 bits per heavy atom. The molecular formula is C17H23ClN2O3S. The minimum atomic E-state index is -3.49. The molecule has 0 saturated heterocycles. The Bertz CT molecular complexity index is 763. The van der Waals surface area contributed by atoms with Gasteiger partial charge in [0.1, 0.15) is 4.90 Å². The van der Waals surface area contributed by atoms with Gasteiger partial charge in [-0.25, -0.2) is 8.42 Å². The lowest BCUT2D eigenvalue weighted by molar-refractivity contribution is -0.120. The molecule has 132 valence electrons. The molecule has 1 aromatic rings. The van der Waals surface area contributed by atoms with Crippen molar-refractivity contribution >= 4 is 33.0 Å². The van der Waals surface area contributed by atoms with E-state index in [2.05, 4.69) is 10.6 Å². The molecule has 0 heterocycles. The Morgan fingerprint density at radius 3 is 2.62 bits per heavy atom. The number of fused-ring (bicyclic) bond motifs is 2. The molecule has 5 nitrogen and oxygen atoms in total. The number of nitrogens with one attached hydrogen (secondary N) is 2. The minimum Gasteiger partial charge on any atom is -0.375 e. The van der Waals surface area contributed by atoms with Gasteiger partial charge in [-0.3, -0.25) is 4.79 Å². The highest BCUT2D eigenvalue weighted by Gasteiger charge is 2.40. The van der Waals surface area contributed by atoms with Crippen LogP contribution in [-0.4, -0.2) is 33.2 Å². The van der Waals surface area contributed by atoms with Crippen molar-refractivity contribution in [2.75, 3.05) is 18.1 Å². The van der Waals surface area contributed by atoms with Crippen molar-refractivity contribution in [3.63, 3.8) is 0 Å². The van der Waals surface area contributed by atoms with E-state index in [1.54, 1.807) is 19.1 Å². The first-order chi connectivity index (χ1) is 11.3. The maximum Gasteiger partial charge on any atom is 0.239 e. The van der Waals surface area contributed by atoms with Crippen molar-refractivity contribution in [3.05, 3.63) is 22.7 Å². The summed E-state index contributed by atoms with van der Waals surface area (Å²) in [6.45, 7) is 1.79. The highest BCUT2D eigenvalue weighted by Crippen LogP contribution is 2.44. The summed E-state index contributed by atoms with van der Waals surface area (Å²) in [5.74, 6) is 1.27. The third-order valence-corrected chi connectivity index (χ3v) is 6.95. The molecule has 2 aliphatic rings. The molecule has 0 aliphatic heterocycles. The van der Waals surface area contributed by atoms with Crippen molar-refractivity contribution in [1.29, 1.82) is 0 Å². The van der Waals surface area contributed by atoms with Crippen molar-refractivity contribution in [3.8, 4) is 0 Å². The molecule has 2 aliphatic carbocycles. The Labute approximate surface area is 148 Å². The van der Waals surface area contributed by atoms with Crippen LogP contribution in [0.15, 0.2) is 17.0 Å². The summed E-state index contributed by atoms with van der Waals surface area (Å²) in [5.41, 5.74) is 1.06. The number of hydrogen-bond donors (Lipinski definition) is 2. The van der Waals surface area contributed by atoms with Gasteiger partial charge in [0.15, 0.2) is 9.84 Å². The van der Waals surface area contributed by atoms with Crippen LogP contribution in [-0.2, 0) is 14.6 Å². The van der Waals surface area contributed by atoms with Crippen LogP contribution in [0.5, 0.6) is 0 Å². The maximum absolute atomic E-state index is 12.2. The summed E-state index contributed by atoms with van der Waals surface area (Å²) in [4.78, 5) is 12.3. The highest BCUT2D eigenvalue weighted by molar-refractivity contribution is 7.91. The van der Waals surface area contributed by atoms with Crippen LogP contribution in [0.25, 0.3) is 0 Å². The van der Waals surface area contributed by atoms with E-state index < -0.39 is 9.84 Å². The van der Waals surface area contributed by atoms with Crippen LogP contribution in [0.4, 0.5) is 5.69 Å². The van der Waals surface area contributed by atoms with Crippen LogP contribution < -0.4 is 10.6 Å². The minimum absolute atomic E-state index is 0.0375. The lowest BCUT2D eigenvalue weighted by Crippen LogP contribution is -2.41. The first-order valence-corrected chi connectivity index (χ1v) is 10.5.